The van der Waals surface area contributed by atoms with Crippen molar-refractivity contribution in [1.29, 1.82) is 0 Å². The summed E-state index contributed by atoms with van der Waals surface area (Å²) in [5.74, 6) is 1.36. The molecule has 0 saturated heterocycles. The van der Waals surface area contributed by atoms with E-state index < -0.39 is 0 Å². The van der Waals surface area contributed by atoms with E-state index in [-0.39, 0.29) is 11.7 Å². The molecule has 0 radical (unpaired) electrons. The second kappa shape index (κ2) is 7.56. The lowest BCUT2D eigenvalue weighted by Crippen LogP contribution is -2.06. The minimum Gasteiger partial charge on any atom is -0.364 e. The normalized spacial score (nSPS) is 11.8. The third kappa shape index (κ3) is 3.37. The maximum absolute atomic E-state index is 11.6. The number of hydrogen-bond donors (Lipinski definition) is 3. The fourth-order valence-electron chi connectivity index (χ4n) is 4.06. The first-order valence-electron chi connectivity index (χ1n) is 10.7. The molecule has 0 atom stereocenters. The second-order valence-corrected chi connectivity index (χ2v) is 9.18. The van der Waals surface area contributed by atoms with Crippen LogP contribution in [0.1, 0.15) is 25.5 Å². The number of anilines is 1. The molecule has 0 unspecified atom stereocenters. The molecule has 0 saturated carbocycles. The largest absolute Gasteiger partial charge is 0.364 e. The van der Waals surface area contributed by atoms with Gasteiger partial charge in [0.15, 0.2) is 17.3 Å². The van der Waals surface area contributed by atoms with Gasteiger partial charge >= 0.3 is 5.69 Å². The quantitative estimate of drug-likeness (QED) is 0.337. The fourth-order valence-corrected chi connectivity index (χ4v) is 5.00. The van der Waals surface area contributed by atoms with Crippen LogP contribution in [0.25, 0.3) is 43.7 Å². The number of fused-ring (bicyclic) bond motifs is 3. The smallest absolute Gasteiger partial charge is 0.323 e. The summed E-state index contributed by atoms with van der Waals surface area (Å²) in [6, 6.07) is 14.4. The van der Waals surface area contributed by atoms with E-state index in [1.807, 2.05) is 36.7 Å². The van der Waals surface area contributed by atoms with Gasteiger partial charge in [-0.15, -0.1) is 11.3 Å². The molecule has 0 spiro atoms. The molecule has 3 N–H and O–H groups in total. The summed E-state index contributed by atoms with van der Waals surface area (Å²) in [5, 5.41) is 6.71. The lowest BCUT2D eigenvalue weighted by Gasteiger charge is -2.11. The molecule has 4 aromatic heterocycles. The Morgan fingerprint density at radius 3 is 2.82 bits per heavy atom. The van der Waals surface area contributed by atoms with E-state index in [0.717, 1.165) is 38.7 Å². The summed E-state index contributed by atoms with van der Waals surface area (Å²) in [6.07, 6.45) is 1.82. The van der Waals surface area contributed by atoms with Crippen molar-refractivity contribution in [3.63, 3.8) is 0 Å². The van der Waals surface area contributed by atoms with E-state index in [1.54, 1.807) is 11.3 Å². The van der Waals surface area contributed by atoms with Gasteiger partial charge in [0, 0.05) is 33.6 Å². The summed E-state index contributed by atoms with van der Waals surface area (Å²) in [5.41, 5.74) is 4.94. The Hall–Kier alpha value is -3.98. The molecule has 0 fully saturated rings. The minimum absolute atomic E-state index is 0.209. The van der Waals surface area contributed by atoms with Crippen molar-refractivity contribution in [1.82, 2.24) is 29.5 Å². The number of benzene rings is 2. The maximum atomic E-state index is 11.6. The Bertz CT molecular complexity index is 1690. The summed E-state index contributed by atoms with van der Waals surface area (Å²) in [4.78, 5) is 31.6. The van der Waals surface area contributed by atoms with E-state index >= 15 is 0 Å². The van der Waals surface area contributed by atoms with Gasteiger partial charge in [-0.05, 0) is 37.6 Å². The molecule has 0 amide bonds. The van der Waals surface area contributed by atoms with Crippen LogP contribution in [0.5, 0.6) is 0 Å². The van der Waals surface area contributed by atoms with Gasteiger partial charge in [-0.1, -0.05) is 24.3 Å². The van der Waals surface area contributed by atoms with Crippen molar-refractivity contribution in [2.75, 3.05) is 5.32 Å². The maximum Gasteiger partial charge on any atom is 0.323 e. The molecule has 4 heterocycles. The first-order chi connectivity index (χ1) is 16.1. The second-order valence-electron chi connectivity index (χ2n) is 8.27. The molecule has 0 aliphatic carbocycles. The number of thiophene rings is 1. The molecule has 6 aromatic rings. The van der Waals surface area contributed by atoms with E-state index in [0.29, 0.717) is 18.2 Å². The number of aromatic nitrogens is 6. The Morgan fingerprint density at radius 1 is 1.09 bits per heavy atom. The molecule has 8 nitrogen and oxygen atoms in total. The topological polar surface area (TPSA) is 104 Å². The van der Waals surface area contributed by atoms with Gasteiger partial charge in [0.25, 0.3) is 0 Å². The molecule has 164 valence electrons. The average Bonchev–Trinajstić information content (AvgIpc) is 3.52. The fraction of sp³-hybridized carbons (Fsp3) is 0.167. The first-order valence-corrected chi connectivity index (χ1v) is 11.6. The zero-order chi connectivity index (χ0) is 22.5. The molecule has 0 aliphatic rings. The van der Waals surface area contributed by atoms with E-state index in [4.69, 9.17) is 9.97 Å². The van der Waals surface area contributed by atoms with Gasteiger partial charge in [-0.2, -0.15) is 0 Å². The van der Waals surface area contributed by atoms with Crippen LogP contribution in [0.3, 0.4) is 0 Å². The third-order valence-corrected chi connectivity index (χ3v) is 6.70. The molecule has 33 heavy (non-hydrogen) atoms. The molecule has 0 aliphatic heterocycles. The molecular weight excluding hydrogens is 434 g/mol. The molecule has 9 heteroatoms. The zero-order valence-electron chi connectivity index (χ0n) is 18.1. The monoisotopic (exact) mass is 455 g/mol. The van der Waals surface area contributed by atoms with Crippen molar-refractivity contribution in [2.45, 2.75) is 26.4 Å². The van der Waals surface area contributed by atoms with E-state index in [1.165, 1.54) is 4.70 Å². The van der Waals surface area contributed by atoms with Crippen molar-refractivity contribution in [3.8, 4) is 11.4 Å². The number of hydrogen-bond acceptors (Lipinski definition) is 6. The lowest BCUT2D eigenvalue weighted by atomic mass is 10.1. The van der Waals surface area contributed by atoms with Crippen LogP contribution in [0.15, 0.2) is 59.0 Å². The number of nitrogens with one attached hydrogen (secondary N) is 3. The van der Waals surface area contributed by atoms with Gasteiger partial charge in [0.05, 0.1) is 17.4 Å². The predicted octanol–water partition coefficient (Wildman–Crippen LogP) is 5.07. The van der Waals surface area contributed by atoms with Crippen LogP contribution in [-0.4, -0.2) is 29.5 Å². The third-order valence-electron chi connectivity index (χ3n) is 5.74. The summed E-state index contributed by atoms with van der Waals surface area (Å²) in [6.45, 7) is 4.76. The van der Waals surface area contributed by atoms with Crippen LogP contribution in [-0.2, 0) is 6.54 Å². The molecule has 6 rings (SSSR count). The number of nitrogens with zero attached hydrogens (tertiary/aromatic N) is 4. The Balaban J connectivity index is 1.44. The lowest BCUT2D eigenvalue weighted by molar-refractivity contribution is 0.613. The van der Waals surface area contributed by atoms with Crippen molar-refractivity contribution in [2.24, 2.45) is 0 Å². The van der Waals surface area contributed by atoms with E-state index in [2.05, 4.69) is 56.2 Å². The summed E-state index contributed by atoms with van der Waals surface area (Å²) >= 11 is 1.69. The molecule has 2 aromatic carbocycles. The summed E-state index contributed by atoms with van der Waals surface area (Å²) < 4.78 is 3.27. The first kappa shape index (κ1) is 19.7. The van der Waals surface area contributed by atoms with Gasteiger partial charge in [-0.25, -0.2) is 19.7 Å². The van der Waals surface area contributed by atoms with Crippen LogP contribution in [0, 0.1) is 0 Å². The Morgan fingerprint density at radius 2 is 1.94 bits per heavy atom. The van der Waals surface area contributed by atoms with Crippen LogP contribution < -0.4 is 11.0 Å². The highest BCUT2D eigenvalue weighted by Gasteiger charge is 2.18. The average molecular weight is 456 g/mol. The van der Waals surface area contributed by atoms with Crippen LogP contribution in [0.2, 0.25) is 0 Å². The SMILES string of the molecule is CC(C)n1cnc2c(NCc3ccc4[nH]c(=O)[nH]c4c3)nc(-c3csc4ccccc34)nc21. The standard InChI is InChI=1S/C24H21N7OS/c1-13(2)31-12-26-20-22(25-10-14-7-8-17-18(9-14)28-24(32)27-17)29-21(30-23(20)31)16-11-33-19-6-4-3-5-15(16)19/h3-9,11-13H,10H2,1-2H3,(H,25,29,30)(H2,27,28,32). The highest BCUT2D eigenvalue weighted by molar-refractivity contribution is 7.17. The summed E-state index contributed by atoms with van der Waals surface area (Å²) in [7, 11) is 0. The Labute approximate surface area is 192 Å². The van der Waals surface area contributed by atoms with Gasteiger partial charge < -0.3 is 19.9 Å². The van der Waals surface area contributed by atoms with Gasteiger partial charge in [0.2, 0.25) is 0 Å². The van der Waals surface area contributed by atoms with Crippen molar-refractivity contribution >= 4 is 49.4 Å². The predicted molar refractivity (Wildman–Crippen MR) is 133 cm³/mol. The van der Waals surface area contributed by atoms with Crippen molar-refractivity contribution in [3.05, 3.63) is 70.2 Å². The number of aromatic amines is 2. The highest BCUT2D eigenvalue weighted by Crippen LogP contribution is 2.34. The Kier molecular flexibility index (Phi) is 4.51. The number of imidazole rings is 2. The van der Waals surface area contributed by atoms with Gasteiger partial charge in [-0.3, -0.25) is 0 Å². The van der Waals surface area contributed by atoms with Crippen molar-refractivity contribution < 1.29 is 0 Å². The minimum atomic E-state index is -0.209. The number of H-pyrrole nitrogens is 2. The van der Waals surface area contributed by atoms with E-state index in [9.17, 15) is 4.79 Å². The highest BCUT2D eigenvalue weighted by atomic mass is 32.1. The van der Waals surface area contributed by atoms with Crippen LogP contribution in [0.4, 0.5) is 5.82 Å². The van der Waals surface area contributed by atoms with Crippen LogP contribution >= 0.6 is 11.3 Å². The zero-order valence-corrected chi connectivity index (χ0v) is 18.9. The number of rotatable bonds is 5. The molecular formula is C24H21N7OS. The van der Waals surface area contributed by atoms with Gasteiger partial charge in [0.1, 0.15) is 5.52 Å². The molecule has 0 bridgehead atoms.